The fourth-order valence-corrected chi connectivity index (χ4v) is 10.8. The van der Waals surface area contributed by atoms with Crippen LogP contribution in [-0.4, -0.2) is 131 Å². The number of ketones is 2. The number of nitrogens with zero attached hydrogens (tertiary/aromatic N) is 7. The molecule has 0 radical (unpaired) electrons. The lowest BCUT2D eigenvalue weighted by Crippen LogP contribution is -2.27. The van der Waals surface area contributed by atoms with E-state index < -0.39 is 19.0 Å². The second-order valence-corrected chi connectivity index (χ2v) is 23.0. The van der Waals surface area contributed by atoms with Gasteiger partial charge in [0.25, 0.3) is 5.91 Å². The molecule has 8 aromatic carbocycles. The average molecular weight is 1420 g/mol. The number of aliphatic imine (C=N–C) groups is 4. The molecule has 0 aromatic heterocycles. The normalized spacial score (nSPS) is 13.8. The Labute approximate surface area is 575 Å². The van der Waals surface area contributed by atoms with Crippen molar-refractivity contribution < 1.29 is 49.3 Å². The number of halogens is 3. The lowest BCUT2D eigenvalue weighted by Gasteiger charge is -2.18. The Morgan fingerprint density at radius 2 is 0.875 bits per heavy atom. The predicted octanol–water partition coefficient (Wildman–Crippen LogP) is 12.7. The van der Waals surface area contributed by atoms with Crippen molar-refractivity contribution in [3.05, 3.63) is 289 Å². The fraction of sp³-hybridized carbons (Fsp3) is 0.145. The molecule has 8 aromatic rings. The molecule has 0 saturated carbocycles. The van der Waals surface area contributed by atoms with Crippen LogP contribution in [0.15, 0.2) is 248 Å². The van der Waals surface area contributed by atoms with E-state index in [1.807, 2.05) is 194 Å². The number of methoxy groups -OCH3 is 1. The number of hydrogen-bond donors (Lipinski definition) is 2. The number of fused-ring (bicyclic) bond motifs is 4. The van der Waals surface area contributed by atoms with E-state index in [1.165, 1.54) is 26.2 Å². The van der Waals surface area contributed by atoms with Crippen molar-refractivity contribution in [2.45, 2.75) is 13.3 Å². The summed E-state index contributed by atoms with van der Waals surface area (Å²) in [5.74, 6) is -1.04. The number of Topliss-reactive ketones (excluding diaryl/α,β-unsaturated/α-hetero) is 1. The third kappa shape index (κ3) is 19.6. The molecule has 0 unspecified atom stereocenters. The van der Waals surface area contributed by atoms with Crippen LogP contribution in [0.5, 0.6) is 0 Å². The third-order valence-corrected chi connectivity index (χ3v) is 15.8. The molecule has 96 heavy (non-hydrogen) atoms. The highest BCUT2D eigenvalue weighted by atomic mass is 79.9. The number of carbonyl (C=O) groups excluding carboxylic acids is 7. The molecule has 20 heteroatoms. The van der Waals surface area contributed by atoms with Crippen molar-refractivity contribution in [2.24, 2.45) is 20.0 Å². The zero-order valence-corrected chi connectivity index (χ0v) is 56.5. The Hall–Kier alpha value is -10.8. The van der Waals surface area contributed by atoms with Crippen molar-refractivity contribution in [2.75, 3.05) is 76.3 Å². The van der Waals surface area contributed by atoms with Crippen molar-refractivity contribution in [3.8, 4) is 0 Å². The number of likely N-dealkylation sites (N-methyl/N-ethyl adjacent to an activating group) is 3. The van der Waals surface area contributed by atoms with Crippen LogP contribution in [0.3, 0.4) is 0 Å². The van der Waals surface area contributed by atoms with Crippen LogP contribution in [0.4, 0.5) is 21.5 Å². The highest BCUT2D eigenvalue weighted by Crippen LogP contribution is 2.32. The van der Waals surface area contributed by atoms with Gasteiger partial charge >= 0.3 is 5.97 Å². The smallest absolute Gasteiger partial charge is 0.329 e. The zero-order chi connectivity index (χ0) is 70.0. The number of hydrogen-bond acceptors (Lipinski definition) is 13. The lowest BCUT2D eigenvalue weighted by molar-refractivity contribution is -0.135. The van der Waals surface area contributed by atoms with E-state index in [-0.39, 0.29) is 55.5 Å². The summed E-state index contributed by atoms with van der Waals surface area (Å²) in [6.07, 6.45) is 7.62. The minimum atomic E-state index is -1.00. The molecule has 4 aliphatic rings. The van der Waals surface area contributed by atoms with Crippen LogP contribution in [0.25, 0.3) is 12.2 Å². The molecule has 2 N–H and O–H groups in total. The first-order chi connectivity index (χ1) is 46.8. The molecule has 0 saturated heterocycles. The van der Waals surface area contributed by atoms with Gasteiger partial charge in [0, 0.05) is 93.2 Å². The van der Waals surface area contributed by atoms with E-state index >= 15 is 0 Å². The molecular weight excluding hydrogens is 1350 g/mol. The van der Waals surface area contributed by atoms with Crippen molar-refractivity contribution in [1.82, 2.24) is 5.48 Å². The number of ether oxygens (including phenoxy) is 1. The number of alkyl halides is 1. The van der Waals surface area contributed by atoms with Gasteiger partial charge in [0.2, 0.25) is 17.7 Å². The highest BCUT2D eigenvalue weighted by molar-refractivity contribution is 9.10. The Kier molecular flexibility index (Phi) is 26.7. The second-order valence-electron chi connectivity index (χ2n) is 21.2. The predicted molar refractivity (Wildman–Crippen MR) is 386 cm³/mol. The number of allylic oxidation sites excluding steroid dienone is 1. The van der Waals surface area contributed by atoms with E-state index in [0.717, 1.165) is 116 Å². The standard InChI is InChI=1S/C20H18N2O2.C19H17N3O3.C16H13BrN2O.C16H12BrNO.C4H6O2.CH3F/c1-14(23)8-9-15-10-11-17-18(12-15)22(2)19(24)13-21-20(17)16-6-4-3-5-7-16;1-22-16-11-13(8-10-17(23)21-25)7-9-15(16)19(20-12-18(22)24)14-5-3-2-4-6-14;1-19-14-9-12(17)7-8-13(14)16(18-10-15(19)20)11-5-3-2-4-6-11;17-13-6-7-15-12(8-13)9-14(19)10-18-16(15)11-4-2-1-3-5-11;1-3-4(5)6-2;1-2/h3-12H,13H2,1-2H3;2-11,25H,12H2,1H3,(H,21,23);2-9H,10H2,1H3;1-8H,9-10H2;3H,1H2,2H3;1H3/b9-8+;10-8+;;;;/i;;;;;1D. The minimum absolute atomic E-state index is 0.00437. The van der Waals surface area contributed by atoms with Crippen LogP contribution >= 0.6 is 31.9 Å². The lowest BCUT2D eigenvalue weighted by atomic mass is 9.96. The van der Waals surface area contributed by atoms with Crippen LogP contribution in [0.1, 0.15) is 69.5 Å². The number of benzene rings is 8. The number of anilines is 3. The van der Waals surface area contributed by atoms with Crippen LogP contribution in [0, 0.1) is 0 Å². The molecule has 0 atom stereocenters. The molecular formula is C76H69Br2FN8O9. The summed E-state index contributed by atoms with van der Waals surface area (Å²) in [5.41, 5.74) is 17.7. The summed E-state index contributed by atoms with van der Waals surface area (Å²) in [6, 6.07) is 62.8. The van der Waals surface area contributed by atoms with Gasteiger partial charge in [0.15, 0.2) is 11.6 Å². The Bertz CT molecular complexity index is 4380. The van der Waals surface area contributed by atoms with Crippen LogP contribution in [-0.2, 0) is 44.7 Å². The number of benzodiazepines with no additional fused rings is 3. The summed E-state index contributed by atoms with van der Waals surface area (Å²) in [7, 11) is 5.56. The highest BCUT2D eigenvalue weighted by Gasteiger charge is 2.26. The van der Waals surface area contributed by atoms with Crippen molar-refractivity contribution in [3.63, 3.8) is 0 Å². The molecule has 0 bridgehead atoms. The molecule has 4 heterocycles. The first-order valence-corrected chi connectivity index (χ1v) is 31.3. The van der Waals surface area contributed by atoms with Crippen LogP contribution in [0.2, 0.25) is 0 Å². The number of amides is 4. The maximum atomic E-state index is 12.3. The molecule has 0 spiro atoms. The monoisotopic (exact) mass is 1420 g/mol. The van der Waals surface area contributed by atoms with Crippen LogP contribution < -0.4 is 20.2 Å². The zero-order valence-electron chi connectivity index (χ0n) is 54.3. The van der Waals surface area contributed by atoms with Crippen molar-refractivity contribution >= 4 is 125 Å². The quantitative estimate of drug-likeness (QED) is 0.0606. The van der Waals surface area contributed by atoms with Gasteiger partial charge in [0.05, 0.1) is 62.1 Å². The maximum absolute atomic E-state index is 12.3. The molecule has 17 nitrogen and oxygen atoms in total. The minimum Gasteiger partial charge on any atom is -0.466 e. The van der Waals surface area contributed by atoms with Gasteiger partial charge < -0.3 is 19.4 Å². The molecule has 488 valence electrons. The number of carbonyl (C=O) groups is 7. The number of esters is 1. The van der Waals surface area contributed by atoms with Gasteiger partial charge in [-0.3, -0.25) is 58.3 Å². The van der Waals surface area contributed by atoms with Gasteiger partial charge in [-0.1, -0.05) is 196 Å². The number of hydroxylamine groups is 1. The molecule has 4 aliphatic heterocycles. The molecule has 12 rings (SSSR count). The van der Waals surface area contributed by atoms with E-state index in [4.69, 9.17) is 6.58 Å². The van der Waals surface area contributed by atoms with Gasteiger partial charge in [-0.2, -0.15) is 0 Å². The van der Waals surface area contributed by atoms with Gasteiger partial charge in [-0.15, -0.1) is 0 Å². The van der Waals surface area contributed by atoms with Gasteiger partial charge in [0.1, 0.15) is 19.6 Å². The summed E-state index contributed by atoms with van der Waals surface area (Å²) < 4.78 is 21.6. The summed E-state index contributed by atoms with van der Waals surface area (Å²) >= 11 is 6.92. The van der Waals surface area contributed by atoms with E-state index in [1.54, 1.807) is 53.5 Å². The largest absolute Gasteiger partial charge is 0.466 e. The van der Waals surface area contributed by atoms with Crippen molar-refractivity contribution in [1.29, 1.82) is 0 Å². The fourth-order valence-electron chi connectivity index (χ4n) is 10.00. The first-order valence-electron chi connectivity index (χ1n) is 30.4. The maximum Gasteiger partial charge on any atom is 0.329 e. The molecule has 4 amide bonds. The number of nitrogens with one attached hydrogen (secondary N) is 1. The Morgan fingerprint density at radius 3 is 1.24 bits per heavy atom. The first kappa shape index (κ1) is 71.1. The third-order valence-electron chi connectivity index (χ3n) is 14.8. The summed E-state index contributed by atoms with van der Waals surface area (Å²) in [5, 5.41) is 8.56. The second kappa shape index (κ2) is 36.0. The molecule has 0 aliphatic carbocycles. The average Bonchev–Trinajstić information content (AvgIpc) is 1.79. The Balaban J connectivity index is 0.000000175. The molecule has 0 fully saturated rings. The topological polar surface area (TPSA) is 220 Å². The summed E-state index contributed by atoms with van der Waals surface area (Å²) in [6.45, 7) is 5.30. The van der Waals surface area contributed by atoms with Gasteiger partial charge in [-0.05, 0) is 78.2 Å². The summed E-state index contributed by atoms with van der Waals surface area (Å²) in [4.78, 5) is 103. The number of rotatable bonds is 9. The van der Waals surface area contributed by atoms with E-state index in [9.17, 15) is 38.0 Å². The Morgan fingerprint density at radius 1 is 0.531 bits per heavy atom. The van der Waals surface area contributed by atoms with Gasteiger partial charge in [-0.25, -0.2) is 10.3 Å². The SMILES string of the molecule is C=CC(=O)OC.CC(=O)/C=C/c1ccc2c(c1)N(C)C(=O)CN=C2c1ccccc1.CN1C(=O)CN=C(c2ccccc2)c2ccc(/C=C/C(=O)NO)cc21.CN1C(=O)CN=C(c2ccccc2)c2ccc(Br)cc21.O=C1CN=C(c2ccccc2)c2ccc(Br)cc2C1.[2H]CF. The van der Waals surface area contributed by atoms with E-state index in [2.05, 4.69) is 63.1 Å². The van der Waals surface area contributed by atoms with E-state index in [0.29, 0.717) is 6.42 Å².